The lowest BCUT2D eigenvalue weighted by Gasteiger charge is -2.33. The molecule has 1 aliphatic carbocycles. The van der Waals surface area contributed by atoms with Gasteiger partial charge in [0, 0.05) is 18.0 Å². The molecule has 0 aromatic carbocycles. The van der Waals surface area contributed by atoms with E-state index in [4.69, 9.17) is 0 Å². The molecule has 0 fully saturated rings. The van der Waals surface area contributed by atoms with Crippen molar-refractivity contribution >= 4 is 5.78 Å². The van der Waals surface area contributed by atoms with Crippen LogP contribution in [-0.2, 0) is 4.79 Å². The van der Waals surface area contributed by atoms with Crippen LogP contribution in [0.25, 0.3) is 0 Å². The second-order valence-corrected chi connectivity index (χ2v) is 4.45. The third kappa shape index (κ3) is 1.54. The Morgan fingerprint density at radius 3 is 2.87 bits per heavy atom. The van der Waals surface area contributed by atoms with Gasteiger partial charge in [0.2, 0.25) is 0 Å². The summed E-state index contributed by atoms with van der Waals surface area (Å²) in [5.74, 6) is 0.753. The van der Waals surface area contributed by atoms with Gasteiger partial charge in [-0.15, -0.1) is 0 Å². The van der Waals surface area contributed by atoms with Gasteiger partial charge in [0.25, 0.3) is 0 Å². The highest BCUT2D eigenvalue weighted by Crippen LogP contribution is 2.43. The van der Waals surface area contributed by atoms with Crippen molar-refractivity contribution in [2.24, 2.45) is 5.41 Å². The molecule has 0 radical (unpaired) electrons. The van der Waals surface area contributed by atoms with Crippen LogP contribution in [0.5, 0.6) is 0 Å². The highest BCUT2D eigenvalue weighted by atomic mass is 16.1. The molecule has 1 atom stereocenters. The van der Waals surface area contributed by atoms with Crippen LogP contribution in [0.3, 0.4) is 0 Å². The van der Waals surface area contributed by atoms with Crippen LogP contribution in [0.15, 0.2) is 36.7 Å². The number of nitrogens with zero attached hydrogens (tertiary/aromatic N) is 1. The summed E-state index contributed by atoms with van der Waals surface area (Å²) in [5.41, 5.74) is 0.487. The van der Waals surface area contributed by atoms with Gasteiger partial charge in [-0.3, -0.25) is 4.79 Å². The zero-order chi connectivity index (χ0) is 11.1. The molecule has 3 heteroatoms. The van der Waals surface area contributed by atoms with Crippen molar-refractivity contribution in [3.05, 3.63) is 42.5 Å². The molecule has 0 saturated heterocycles. The SMILES string of the molecule is C=C1C(=O)C=CC(C)(C)C1c1ncc[nH]1. The lowest BCUT2D eigenvalue weighted by molar-refractivity contribution is -0.112. The van der Waals surface area contributed by atoms with Gasteiger partial charge in [0.05, 0.1) is 5.92 Å². The normalized spacial score (nSPS) is 24.5. The molecule has 3 nitrogen and oxygen atoms in total. The van der Waals surface area contributed by atoms with Gasteiger partial charge in [-0.25, -0.2) is 4.98 Å². The quantitative estimate of drug-likeness (QED) is 0.710. The number of ketones is 1. The topological polar surface area (TPSA) is 45.8 Å². The summed E-state index contributed by atoms with van der Waals surface area (Å²) in [6.07, 6.45) is 6.99. The number of nitrogens with one attached hydrogen (secondary N) is 1. The van der Waals surface area contributed by atoms with Gasteiger partial charge in [-0.2, -0.15) is 0 Å². The minimum atomic E-state index is -0.122. The highest BCUT2D eigenvalue weighted by Gasteiger charge is 2.37. The molecular weight excluding hydrogens is 188 g/mol. The molecule has 78 valence electrons. The van der Waals surface area contributed by atoms with Crippen molar-refractivity contribution < 1.29 is 4.79 Å². The molecule has 0 bridgehead atoms. The molecule has 1 aromatic rings. The third-order valence-corrected chi connectivity index (χ3v) is 2.87. The summed E-state index contributed by atoms with van der Waals surface area (Å²) >= 11 is 0. The van der Waals surface area contributed by atoms with Gasteiger partial charge in [-0.05, 0) is 11.5 Å². The number of imidazole rings is 1. The predicted molar refractivity (Wildman–Crippen MR) is 58.4 cm³/mol. The average molecular weight is 202 g/mol. The molecule has 2 rings (SSSR count). The molecule has 1 heterocycles. The van der Waals surface area contributed by atoms with Crippen molar-refractivity contribution in [3.8, 4) is 0 Å². The van der Waals surface area contributed by atoms with Crippen molar-refractivity contribution in [2.75, 3.05) is 0 Å². The summed E-state index contributed by atoms with van der Waals surface area (Å²) in [6.45, 7) is 8.02. The molecule has 1 N–H and O–H groups in total. The summed E-state index contributed by atoms with van der Waals surface area (Å²) < 4.78 is 0. The number of aromatic nitrogens is 2. The fourth-order valence-electron chi connectivity index (χ4n) is 2.04. The molecule has 0 spiro atoms. The van der Waals surface area contributed by atoms with E-state index in [2.05, 4.69) is 30.4 Å². The fraction of sp³-hybridized carbons (Fsp3) is 0.333. The smallest absolute Gasteiger partial charge is 0.181 e. The van der Waals surface area contributed by atoms with E-state index in [-0.39, 0.29) is 17.1 Å². The van der Waals surface area contributed by atoms with Crippen LogP contribution in [0, 0.1) is 5.41 Å². The van der Waals surface area contributed by atoms with Crippen molar-refractivity contribution in [1.29, 1.82) is 0 Å². The van der Waals surface area contributed by atoms with E-state index < -0.39 is 0 Å². The number of rotatable bonds is 1. The number of allylic oxidation sites excluding steroid dienone is 3. The number of carbonyl (C=O) groups is 1. The molecule has 0 aliphatic heterocycles. The number of H-pyrrole nitrogens is 1. The van der Waals surface area contributed by atoms with Crippen LogP contribution in [0.2, 0.25) is 0 Å². The van der Waals surface area contributed by atoms with Crippen LogP contribution >= 0.6 is 0 Å². The zero-order valence-corrected chi connectivity index (χ0v) is 8.95. The summed E-state index contributed by atoms with van der Waals surface area (Å²) in [6, 6.07) is 0. The lowest BCUT2D eigenvalue weighted by Crippen LogP contribution is -2.29. The number of hydrogen-bond acceptors (Lipinski definition) is 2. The van der Waals surface area contributed by atoms with Crippen molar-refractivity contribution in [1.82, 2.24) is 9.97 Å². The van der Waals surface area contributed by atoms with Gasteiger partial charge in [0.15, 0.2) is 5.78 Å². The van der Waals surface area contributed by atoms with Gasteiger partial charge >= 0.3 is 0 Å². The van der Waals surface area contributed by atoms with E-state index >= 15 is 0 Å². The van der Waals surface area contributed by atoms with Gasteiger partial charge in [-0.1, -0.05) is 26.5 Å². The third-order valence-electron chi connectivity index (χ3n) is 2.87. The largest absolute Gasteiger partial charge is 0.348 e. The Balaban J connectivity index is 2.49. The maximum atomic E-state index is 11.6. The first-order chi connectivity index (χ1) is 7.02. The summed E-state index contributed by atoms with van der Waals surface area (Å²) in [7, 11) is 0. The first-order valence-corrected chi connectivity index (χ1v) is 4.94. The van der Waals surface area contributed by atoms with Gasteiger partial charge in [0.1, 0.15) is 5.82 Å². The van der Waals surface area contributed by atoms with E-state index in [1.54, 1.807) is 18.5 Å². The monoisotopic (exact) mass is 202 g/mol. The Kier molecular flexibility index (Phi) is 2.11. The minimum absolute atomic E-state index is 0.00396. The van der Waals surface area contributed by atoms with E-state index in [9.17, 15) is 4.79 Å². The van der Waals surface area contributed by atoms with Crippen LogP contribution in [-0.4, -0.2) is 15.8 Å². The Morgan fingerprint density at radius 1 is 1.53 bits per heavy atom. The number of aromatic amines is 1. The van der Waals surface area contributed by atoms with Crippen LogP contribution in [0.1, 0.15) is 25.6 Å². The van der Waals surface area contributed by atoms with Crippen LogP contribution in [0.4, 0.5) is 0 Å². The Hall–Kier alpha value is -1.64. The summed E-state index contributed by atoms with van der Waals surface area (Å²) in [5, 5.41) is 0. The van der Waals surface area contributed by atoms with E-state index in [1.807, 2.05) is 6.08 Å². The molecule has 1 unspecified atom stereocenters. The number of carbonyl (C=O) groups excluding carboxylic acids is 1. The van der Waals surface area contributed by atoms with Crippen molar-refractivity contribution in [2.45, 2.75) is 19.8 Å². The van der Waals surface area contributed by atoms with Gasteiger partial charge < -0.3 is 4.98 Å². The average Bonchev–Trinajstić information content (AvgIpc) is 2.65. The molecular formula is C12H14N2O. The Morgan fingerprint density at radius 2 is 2.27 bits per heavy atom. The maximum absolute atomic E-state index is 11.6. The Bertz CT molecular complexity index is 426. The van der Waals surface area contributed by atoms with E-state index in [0.29, 0.717) is 5.57 Å². The van der Waals surface area contributed by atoms with E-state index in [1.165, 1.54) is 0 Å². The van der Waals surface area contributed by atoms with Crippen molar-refractivity contribution in [3.63, 3.8) is 0 Å². The van der Waals surface area contributed by atoms with Crippen LogP contribution < -0.4 is 0 Å². The number of hydrogen-bond donors (Lipinski definition) is 1. The molecule has 1 aliphatic rings. The zero-order valence-electron chi connectivity index (χ0n) is 8.95. The first kappa shape index (κ1) is 9.90. The molecule has 0 amide bonds. The Labute approximate surface area is 88.9 Å². The molecule has 1 aromatic heterocycles. The molecule has 0 saturated carbocycles. The minimum Gasteiger partial charge on any atom is -0.348 e. The second-order valence-electron chi connectivity index (χ2n) is 4.45. The maximum Gasteiger partial charge on any atom is 0.181 e. The lowest BCUT2D eigenvalue weighted by atomic mass is 9.70. The fourth-order valence-corrected chi connectivity index (χ4v) is 2.04. The standard InChI is InChI=1S/C12H14N2O/c1-8-9(15)4-5-12(2,3)10(8)11-13-6-7-14-11/h4-7,10H,1H2,2-3H3,(H,13,14). The summed E-state index contributed by atoms with van der Waals surface area (Å²) in [4.78, 5) is 18.8. The second kappa shape index (κ2) is 3.19. The highest BCUT2D eigenvalue weighted by molar-refractivity contribution is 6.05. The first-order valence-electron chi connectivity index (χ1n) is 4.94. The molecule has 15 heavy (non-hydrogen) atoms. The van der Waals surface area contributed by atoms with E-state index in [0.717, 1.165) is 5.82 Å². The predicted octanol–water partition coefficient (Wildman–Crippen LogP) is 2.21.